The van der Waals surface area contributed by atoms with Crippen LogP contribution in [-0.4, -0.2) is 18.6 Å². The van der Waals surface area contributed by atoms with Crippen LogP contribution >= 0.6 is 11.3 Å². The second-order valence-electron chi connectivity index (χ2n) is 6.55. The van der Waals surface area contributed by atoms with E-state index in [9.17, 15) is 0 Å². The molecular weight excluding hydrogens is 268 g/mol. The molecule has 114 valence electrons. The van der Waals surface area contributed by atoms with Gasteiger partial charge in [0.05, 0.1) is 5.69 Å². The maximum absolute atomic E-state index is 5.56. The highest BCUT2D eigenvalue weighted by Crippen LogP contribution is 2.44. The van der Waals surface area contributed by atoms with E-state index in [1.54, 1.807) is 7.11 Å². The fourth-order valence-corrected chi connectivity index (χ4v) is 4.34. The molecule has 3 nitrogen and oxygen atoms in total. The van der Waals surface area contributed by atoms with Crippen molar-refractivity contribution in [1.82, 2.24) is 10.3 Å². The number of aromatic nitrogens is 1. The average Bonchev–Trinajstić information content (AvgIpc) is 2.79. The third kappa shape index (κ3) is 3.41. The molecule has 1 aliphatic carbocycles. The number of nitrogens with zero attached hydrogens (tertiary/aromatic N) is 1. The smallest absolute Gasteiger partial charge is 0.122 e. The minimum atomic E-state index is 0.153. The Hall–Kier alpha value is -0.450. The summed E-state index contributed by atoms with van der Waals surface area (Å²) in [4.78, 5) is 6.35. The molecule has 0 aromatic carbocycles. The Morgan fingerprint density at radius 2 is 2.20 bits per heavy atom. The van der Waals surface area contributed by atoms with Crippen molar-refractivity contribution >= 4 is 11.3 Å². The Labute approximate surface area is 127 Å². The summed E-state index contributed by atoms with van der Waals surface area (Å²) in [5.41, 5.74) is 1.63. The Morgan fingerprint density at radius 3 is 2.80 bits per heavy atom. The zero-order valence-electron chi connectivity index (χ0n) is 13.5. The number of ether oxygens (including phenoxy) is 1. The van der Waals surface area contributed by atoms with Gasteiger partial charge in [0.2, 0.25) is 0 Å². The second kappa shape index (κ2) is 6.54. The molecular formula is C16H28N2OS. The highest BCUT2D eigenvalue weighted by atomic mass is 32.1. The van der Waals surface area contributed by atoms with E-state index >= 15 is 0 Å². The normalized spacial score (nSPS) is 22.6. The van der Waals surface area contributed by atoms with Gasteiger partial charge in [-0.05, 0) is 37.6 Å². The van der Waals surface area contributed by atoms with Gasteiger partial charge in [0.15, 0.2) is 0 Å². The third-order valence-corrected chi connectivity index (χ3v) is 5.34. The van der Waals surface area contributed by atoms with Crippen molar-refractivity contribution < 1.29 is 4.74 Å². The highest BCUT2D eigenvalue weighted by molar-refractivity contribution is 7.11. The van der Waals surface area contributed by atoms with E-state index in [2.05, 4.69) is 33.0 Å². The lowest BCUT2D eigenvalue weighted by Gasteiger charge is -2.34. The maximum atomic E-state index is 5.56. The zero-order chi connectivity index (χ0) is 14.8. The highest BCUT2D eigenvalue weighted by Gasteiger charge is 2.35. The van der Waals surface area contributed by atoms with Crippen LogP contribution in [0.1, 0.15) is 74.7 Å². The van der Waals surface area contributed by atoms with Gasteiger partial charge in [-0.3, -0.25) is 0 Å². The molecule has 1 N–H and O–H groups in total. The molecule has 1 aliphatic rings. The molecule has 2 atom stereocenters. The first kappa shape index (κ1) is 15.9. The molecule has 2 unspecified atom stereocenters. The summed E-state index contributed by atoms with van der Waals surface area (Å²) < 4.78 is 5.56. The van der Waals surface area contributed by atoms with Gasteiger partial charge in [0.1, 0.15) is 11.1 Å². The standard InChI is InChI=1S/C16H28N2OS/c1-6-8-17-11-9-16(3,4)10-12-14(11)20-15(18-12)13(7-2)19-5/h11,13,17H,6-10H2,1-5H3. The first-order valence-electron chi connectivity index (χ1n) is 7.76. The lowest BCUT2D eigenvalue weighted by Crippen LogP contribution is -2.33. The van der Waals surface area contributed by atoms with Crippen LogP contribution in [0.5, 0.6) is 0 Å². The molecule has 0 fully saturated rings. The van der Waals surface area contributed by atoms with Gasteiger partial charge in [-0.15, -0.1) is 11.3 Å². The summed E-state index contributed by atoms with van der Waals surface area (Å²) >= 11 is 1.85. The predicted octanol–water partition coefficient (Wildman–Crippen LogP) is 4.25. The van der Waals surface area contributed by atoms with Gasteiger partial charge in [-0.25, -0.2) is 4.98 Å². The Morgan fingerprint density at radius 1 is 1.45 bits per heavy atom. The SMILES string of the molecule is CCCNC1CC(C)(C)Cc2nc(C(CC)OC)sc21. The minimum Gasteiger partial charge on any atom is -0.374 e. The molecule has 20 heavy (non-hydrogen) atoms. The number of methoxy groups -OCH3 is 1. The van der Waals surface area contributed by atoms with Crippen LogP contribution in [-0.2, 0) is 11.2 Å². The van der Waals surface area contributed by atoms with E-state index in [0.29, 0.717) is 11.5 Å². The van der Waals surface area contributed by atoms with Gasteiger partial charge in [-0.2, -0.15) is 0 Å². The van der Waals surface area contributed by atoms with Crippen LogP contribution in [0.2, 0.25) is 0 Å². The van der Waals surface area contributed by atoms with E-state index in [1.807, 2.05) is 11.3 Å². The van der Waals surface area contributed by atoms with E-state index in [1.165, 1.54) is 23.4 Å². The molecule has 0 bridgehead atoms. The average molecular weight is 296 g/mol. The maximum Gasteiger partial charge on any atom is 0.122 e. The van der Waals surface area contributed by atoms with Crippen molar-refractivity contribution in [2.75, 3.05) is 13.7 Å². The van der Waals surface area contributed by atoms with Gasteiger partial charge in [-0.1, -0.05) is 27.7 Å². The molecule has 0 radical (unpaired) electrons. The Balaban J connectivity index is 2.28. The second-order valence-corrected chi connectivity index (χ2v) is 7.61. The van der Waals surface area contributed by atoms with Crippen LogP contribution in [0.15, 0.2) is 0 Å². The number of rotatable bonds is 6. The molecule has 1 aromatic heterocycles. The largest absolute Gasteiger partial charge is 0.374 e. The fraction of sp³-hybridized carbons (Fsp3) is 0.812. The van der Waals surface area contributed by atoms with Crippen molar-refractivity contribution in [2.24, 2.45) is 5.41 Å². The predicted molar refractivity (Wildman–Crippen MR) is 85.3 cm³/mol. The zero-order valence-corrected chi connectivity index (χ0v) is 14.3. The number of fused-ring (bicyclic) bond motifs is 1. The molecule has 0 spiro atoms. The number of nitrogens with one attached hydrogen (secondary N) is 1. The summed E-state index contributed by atoms with van der Waals surface area (Å²) in [5.74, 6) is 0. The van der Waals surface area contributed by atoms with Crippen molar-refractivity contribution in [3.05, 3.63) is 15.6 Å². The number of hydrogen-bond donors (Lipinski definition) is 1. The molecule has 0 saturated heterocycles. The first-order chi connectivity index (χ1) is 9.50. The quantitative estimate of drug-likeness (QED) is 0.852. The van der Waals surface area contributed by atoms with Crippen LogP contribution < -0.4 is 5.32 Å². The lowest BCUT2D eigenvalue weighted by atomic mass is 9.76. The van der Waals surface area contributed by atoms with Gasteiger partial charge < -0.3 is 10.1 Å². The van der Waals surface area contributed by atoms with Crippen molar-refractivity contribution in [3.8, 4) is 0 Å². The summed E-state index contributed by atoms with van der Waals surface area (Å²) in [6.45, 7) is 10.2. The van der Waals surface area contributed by atoms with Crippen LogP contribution in [0.25, 0.3) is 0 Å². The third-order valence-electron chi connectivity index (χ3n) is 4.03. The van der Waals surface area contributed by atoms with E-state index < -0.39 is 0 Å². The van der Waals surface area contributed by atoms with Crippen LogP contribution in [0.4, 0.5) is 0 Å². The van der Waals surface area contributed by atoms with E-state index in [4.69, 9.17) is 9.72 Å². The van der Waals surface area contributed by atoms with E-state index in [0.717, 1.165) is 24.4 Å². The monoisotopic (exact) mass is 296 g/mol. The lowest BCUT2D eigenvalue weighted by molar-refractivity contribution is 0.0995. The molecule has 1 heterocycles. The molecule has 0 amide bonds. The molecule has 0 aliphatic heterocycles. The van der Waals surface area contributed by atoms with Crippen LogP contribution in [0, 0.1) is 5.41 Å². The van der Waals surface area contributed by atoms with Gasteiger partial charge >= 0.3 is 0 Å². The van der Waals surface area contributed by atoms with E-state index in [-0.39, 0.29) is 6.10 Å². The summed E-state index contributed by atoms with van der Waals surface area (Å²) in [7, 11) is 1.78. The van der Waals surface area contributed by atoms with Crippen molar-refractivity contribution in [3.63, 3.8) is 0 Å². The minimum absolute atomic E-state index is 0.153. The summed E-state index contributed by atoms with van der Waals surface area (Å²) in [6.07, 6.45) is 4.60. The summed E-state index contributed by atoms with van der Waals surface area (Å²) in [6, 6.07) is 0.467. The van der Waals surface area contributed by atoms with Gasteiger partial charge in [0, 0.05) is 18.0 Å². The summed E-state index contributed by atoms with van der Waals surface area (Å²) in [5, 5.41) is 4.85. The molecule has 1 aromatic rings. The molecule has 4 heteroatoms. The first-order valence-corrected chi connectivity index (χ1v) is 8.58. The number of thiazole rings is 1. The Bertz CT molecular complexity index is 438. The van der Waals surface area contributed by atoms with Crippen molar-refractivity contribution in [2.45, 2.75) is 65.5 Å². The number of hydrogen-bond acceptors (Lipinski definition) is 4. The molecule has 0 saturated carbocycles. The van der Waals surface area contributed by atoms with Gasteiger partial charge in [0.25, 0.3) is 0 Å². The van der Waals surface area contributed by atoms with Crippen molar-refractivity contribution in [1.29, 1.82) is 0 Å². The Kier molecular flexibility index (Phi) is 5.21. The topological polar surface area (TPSA) is 34.2 Å². The fourth-order valence-electron chi connectivity index (χ4n) is 3.02. The molecule has 2 rings (SSSR count). The van der Waals surface area contributed by atoms with Crippen LogP contribution in [0.3, 0.4) is 0 Å².